The molecule has 1 heterocycles. The van der Waals surface area contributed by atoms with Crippen molar-refractivity contribution in [3.63, 3.8) is 0 Å². The molecule has 0 aliphatic heterocycles. The SMILES string of the molecule is CC(=O)CCc1ncc(-c2ccc(F)c(C)c2)[nH]1. The van der Waals surface area contributed by atoms with Gasteiger partial charge in [-0.25, -0.2) is 9.37 Å². The van der Waals surface area contributed by atoms with Crippen LogP contribution in [-0.4, -0.2) is 15.8 Å². The molecule has 0 aliphatic carbocycles. The van der Waals surface area contributed by atoms with E-state index in [4.69, 9.17) is 0 Å². The van der Waals surface area contributed by atoms with Crippen LogP contribution in [0.4, 0.5) is 4.39 Å². The Morgan fingerprint density at radius 1 is 1.44 bits per heavy atom. The predicted molar refractivity (Wildman–Crippen MR) is 67.7 cm³/mol. The number of Topliss-reactive ketones (excluding diaryl/α,β-unsaturated/α-hetero) is 1. The Morgan fingerprint density at radius 3 is 2.89 bits per heavy atom. The van der Waals surface area contributed by atoms with E-state index in [-0.39, 0.29) is 11.6 Å². The molecule has 1 N–H and O–H groups in total. The third kappa shape index (κ3) is 2.83. The monoisotopic (exact) mass is 246 g/mol. The molecule has 94 valence electrons. The van der Waals surface area contributed by atoms with Gasteiger partial charge < -0.3 is 9.78 Å². The van der Waals surface area contributed by atoms with E-state index in [2.05, 4.69) is 9.97 Å². The van der Waals surface area contributed by atoms with Crippen LogP contribution in [0.1, 0.15) is 24.7 Å². The molecule has 3 nitrogen and oxygen atoms in total. The highest BCUT2D eigenvalue weighted by Gasteiger charge is 2.06. The van der Waals surface area contributed by atoms with Gasteiger partial charge in [-0.15, -0.1) is 0 Å². The number of H-pyrrole nitrogens is 1. The van der Waals surface area contributed by atoms with Gasteiger partial charge in [0.25, 0.3) is 0 Å². The van der Waals surface area contributed by atoms with Crippen LogP contribution >= 0.6 is 0 Å². The maximum atomic E-state index is 13.2. The Morgan fingerprint density at radius 2 is 2.22 bits per heavy atom. The van der Waals surface area contributed by atoms with Crippen molar-refractivity contribution >= 4 is 5.78 Å². The van der Waals surface area contributed by atoms with Crippen LogP contribution in [0.25, 0.3) is 11.3 Å². The average Bonchev–Trinajstić information content (AvgIpc) is 2.79. The number of rotatable bonds is 4. The van der Waals surface area contributed by atoms with E-state index in [0.29, 0.717) is 18.4 Å². The van der Waals surface area contributed by atoms with E-state index in [1.165, 1.54) is 6.07 Å². The summed E-state index contributed by atoms with van der Waals surface area (Å²) >= 11 is 0. The standard InChI is InChI=1S/C14H15FN2O/c1-9-7-11(4-5-12(9)15)13-8-16-14(17-13)6-3-10(2)18/h4-5,7-8H,3,6H2,1-2H3,(H,16,17). The number of hydrogen-bond donors (Lipinski definition) is 1. The molecule has 0 bridgehead atoms. The van der Waals surface area contributed by atoms with E-state index in [1.807, 2.05) is 0 Å². The fraction of sp³-hybridized carbons (Fsp3) is 0.286. The van der Waals surface area contributed by atoms with Crippen LogP contribution in [0.2, 0.25) is 0 Å². The van der Waals surface area contributed by atoms with Gasteiger partial charge in [0.2, 0.25) is 0 Å². The zero-order chi connectivity index (χ0) is 13.1. The largest absolute Gasteiger partial charge is 0.342 e. The number of imidazole rings is 1. The van der Waals surface area contributed by atoms with E-state index >= 15 is 0 Å². The molecule has 0 spiro atoms. The number of carbonyl (C=O) groups is 1. The van der Waals surface area contributed by atoms with Crippen molar-refractivity contribution in [2.45, 2.75) is 26.7 Å². The fourth-order valence-electron chi connectivity index (χ4n) is 1.74. The second kappa shape index (κ2) is 5.12. The van der Waals surface area contributed by atoms with Gasteiger partial charge in [0.05, 0.1) is 11.9 Å². The number of aryl methyl sites for hydroxylation is 2. The summed E-state index contributed by atoms with van der Waals surface area (Å²) in [6.45, 7) is 3.29. The van der Waals surface area contributed by atoms with Crippen molar-refractivity contribution in [3.8, 4) is 11.3 Å². The molecule has 0 unspecified atom stereocenters. The lowest BCUT2D eigenvalue weighted by molar-refractivity contribution is -0.117. The quantitative estimate of drug-likeness (QED) is 0.901. The normalized spacial score (nSPS) is 10.6. The third-order valence-electron chi connectivity index (χ3n) is 2.81. The minimum absolute atomic E-state index is 0.144. The molecule has 1 aromatic carbocycles. The number of ketones is 1. The lowest BCUT2D eigenvalue weighted by atomic mass is 10.1. The summed E-state index contributed by atoms with van der Waals surface area (Å²) in [6, 6.07) is 4.93. The molecule has 0 saturated heterocycles. The Labute approximate surface area is 105 Å². The zero-order valence-corrected chi connectivity index (χ0v) is 10.5. The maximum absolute atomic E-state index is 13.2. The Kier molecular flexibility index (Phi) is 3.55. The van der Waals surface area contributed by atoms with Gasteiger partial charge in [-0.1, -0.05) is 0 Å². The molecule has 2 aromatic rings. The third-order valence-corrected chi connectivity index (χ3v) is 2.81. The van der Waals surface area contributed by atoms with Gasteiger partial charge in [0.1, 0.15) is 17.4 Å². The number of halogens is 1. The lowest BCUT2D eigenvalue weighted by Gasteiger charge is -2.00. The van der Waals surface area contributed by atoms with E-state index < -0.39 is 0 Å². The number of nitrogens with zero attached hydrogens (tertiary/aromatic N) is 1. The first-order valence-corrected chi connectivity index (χ1v) is 5.86. The second-order valence-corrected chi connectivity index (χ2v) is 4.41. The van der Waals surface area contributed by atoms with Crippen LogP contribution in [0.5, 0.6) is 0 Å². The first-order valence-electron chi connectivity index (χ1n) is 5.86. The minimum atomic E-state index is -0.213. The van der Waals surface area contributed by atoms with Crippen LogP contribution in [-0.2, 0) is 11.2 Å². The molecule has 2 rings (SSSR count). The highest BCUT2D eigenvalue weighted by molar-refractivity contribution is 5.75. The second-order valence-electron chi connectivity index (χ2n) is 4.41. The molecule has 0 aliphatic rings. The molecular formula is C14H15FN2O. The molecule has 18 heavy (non-hydrogen) atoms. The van der Waals surface area contributed by atoms with Gasteiger partial charge >= 0.3 is 0 Å². The first-order chi connectivity index (χ1) is 8.56. The Hall–Kier alpha value is -1.97. The van der Waals surface area contributed by atoms with E-state index in [1.54, 1.807) is 32.2 Å². The molecule has 0 saturated carbocycles. The summed E-state index contributed by atoms with van der Waals surface area (Å²) in [5.41, 5.74) is 2.35. The van der Waals surface area contributed by atoms with Crippen LogP contribution in [0, 0.1) is 12.7 Å². The molecule has 0 radical (unpaired) electrons. The smallest absolute Gasteiger partial charge is 0.130 e. The molecular weight excluding hydrogens is 231 g/mol. The summed E-state index contributed by atoms with van der Waals surface area (Å²) < 4.78 is 13.2. The summed E-state index contributed by atoms with van der Waals surface area (Å²) in [5, 5.41) is 0. The number of nitrogens with one attached hydrogen (secondary N) is 1. The molecule has 0 fully saturated rings. The molecule has 4 heteroatoms. The molecule has 0 atom stereocenters. The predicted octanol–water partition coefficient (Wildman–Crippen LogP) is 3.05. The molecule has 1 aromatic heterocycles. The van der Waals surface area contributed by atoms with Crippen LogP contribution in [0.3, 0.4) is 0 Å². The minimum Gasteiger partial charge on any atom is -0.342 e. The Bertz CT molecular complexity index is 575. The van der Waals surface area contributed by atoms with Crippen LogP contribution < -0.4 is 0 Å². The number of aromatic nitrogens is 2. The zero-order valence-electron chi connectivity index (χ0n) is 10.5. The fourth-order valence-corrected chi connectivity index (χ4v) is 1.74. The molecule has 0 amide bonds. The van der Waals surface area contributed by atoms with Crippen molar-refractivity contribution in [2.75, 3.05) is 0 Å². The number of carbonyl (C=O) groups excluding carboxylic acids is 1. The van der Waals surface area contributed by atoms with Crippen molar-refractivity contribution < 1.29 is 9.18 Å². The Balaban J connectivity index is 2.18. The van der Waals surface area contributed by atoms with Gasteiger partial charge in [0, 0.05) is 18.4 Å². The summed E-state index contributed by atoms with van der Waals surface area (Å²) in [7, 11) is 0. The average molecular weight is 246 g/mol. The van der Waals surface area contributed by atoms with Crippen molar-refractivity contribution in [1.82, 2.24) is 9.97 Å². The van der Waals surface area contributed by atoms with Crippen LogP contribution in [0.15, 0.2) is 24.4 Å². The highest BCUT2D eigenvalue weighted by Crippen LogP contribution is 2.20. The number of hydrogen-bond acceptors (Lipinski definition) is 2. The van der Waals surface area contributed by atoms with Crippen molar-refractivity contribution in [3.05, 3.63) is 41.6 Å². The van der Waals surface area contributed by atoms with E-state index in [9.17, 15) is 9.18 Å². The summed E-state index contributed by atoms with van der Waals surface area (Å²) in [4.78, 5) is 18.3. The summed E-state index contributed by atoms with van der Waals surface area (Å²) in [6.07, 6.45) is 2.80. The number of benzene rings is 1. The van der Waals surface area contributed by atoms with Crippen molar-refractivity contribution in [1.29, 1.82) is 0 Å². The lowest BCUT2D eigenvalue weighted by Crippen LogP contribution is -1.95. The first kappa shape index (κ1) is 12.5. The van der Waals surface area contributed by atoms with E-state index in [0.717, 1.165) is 17.1 Å². The van der Waals surface area contributed by atoms with Gasteiger partial charge in [-0.05, 0) is 37.6 Å². The van der Waals surface area contributed by atoms with Gasteiger partial charge in [-0.3, -0.25) is 0 Å². The highest BCUT2D eigenvalue weighted by atomic mass is 19.1. The maximum Gasteiger partial charge on any atom is 0.130 e. The van der Waals surface area contributed by atoms with Crippen molar-refractivity contribution in [2.24, 2.45) is 0 Å². The van der Waals surface area contributed by atoms with Gasteiger partial charge in [-0.2, -0.15) is 0 Å². The topological polar surface area (TPSA) is 45.8 Å². The van der Waals surface area contributed by atoms with Gasteiger partial charge in [0.15, 0.2) is 0 Å². The number of aromatic amines is 1. The summed E-state index contributed by atoms with van der Waals surface area (Å²) in [5.74, 6) is 0.711.